The van der Waals surface area contributed by atoms with Crippen LogP contribution in [0.25, 0.3) is 10.9 Å². The van der Waals surface area contributed by atoms with Crippen LogP contribution in [-0.4, -0.2) is 87.7 Å². The number of halogens is 1. The lowest BCUT2D eigenvalue weighted by Crippen LogP contribution is -2.65. The lowest BCUT2D eigenvalue weighted by molar-refractivity contribution is -0.0115. The number of nitrogens with one attached hydrogen (secondary N) is 3. The number of benzene rings is 1. The highest BCUT2D eigenvalue weighted by Crippen LogP contribution is 2.25. The number of ether oxygens (including phenoxy) is 1. The molecule has 0 spiro atoms. The number of aromatic amines is 1. The number of carbonyl (C=O) groups is 3. The topological polar surface area (TPSA) is 123 Å². The molecule has 3 aromatic rings. The molecule has 0 aliphatic carbocycles. The molecule has 4 heterocycles. The molecule has 11 nitrogen and oxygen atoms in total. The number of H-pyrrole nitrogens is 1. The molecular weight excluding hydrogens is 525 g/mol. The average molecular weight is 558 g/mol. The Morgan fingerprint density at radius 2 is 1.95 bits per heavy atom. The van der Waals surface area contributed by atoms with E-state index in [4.69, 9.17) is 4.74 Å². The van der Waals surface area contributed by atoms with Gasteiger partial charge < -0.3 is 24.8 Å². The number of rotatable bonds is 4. The van der Waals surface area contributed by atoms with E-state index in [0.717, 1.165) is 30.1 Å². The maximum Gasteiger partial charge on any atom is 0.410 e. The van der Waals surface area contributed by atoms with Gasteiger partial charge in [-0.3, -0.25) is 15.0 Å². The number of hydrazine groups is 1. The van der Waals surface area contributed by atoms with E-state index in [1.165, 1.54) is 28.4 Å². The van der Waals surface area contributed by atoms with Crippen molar-refractivity contribution in [2.75, 3.05) is 33.2 Å². The van der Waals surface area contributed by atoms with Gasteiger partial charge in [-0.1, -0.05) is 0 Å². The number of hydrogen-bond donors (Lipinski definition) is 3. The van der Waals surface area contributed by atoms with E-state index in [2.05, 4.69) is 25.6 Å². The Labute approximate surface area is 229 Å². The minimum absolute atomic E-state index is 0.0900. The maximum atomic E-state index is 13.6. The molecule has 2 aromatic heterocycles. The van der Waals surface area contributed by atoms with Gasteiger partial charge in [0.15, 0.2) is 5.01 Å². The molecule has 2 aliphatic rings. The predicted molar refractivity (Wildman–Crippen MR) is 144 cm³/mol. The van der Waals surface area contributed by atoms with Gasteiger partial charge in [-0.05, 0) is 52.1 Å². The van der Waals surface area contributed by atoms with Crippen LogP contribution in [0.5, 0.6) is 0 Å². The van der Waals surface area contributed by atoms with Crippen LogP contribution < -0.4 is 10.7 Å². The van der Waals surface area contributed by atoms with E-state index in [9.17, 15) is 18.8 Å². The first-order chi connectivity index (χ1) is 18.4. The van der Waals surface area contributed by atoms with Crippen molar-refractivity contribution in [1.29, 1.82) is 0 Å². The molecule has 1 atom stereocenters. The Kier molecular flexibility index (Phi) is 7.31. The van der Waals surface area contributed by atoms with Crippen molar-refractivity contribution in [1.82, 2.24) is 35.5 Å². The third-order valence-corrected chi connectivity index (χ3v) is 7.60. The SMILES string of the molecule is CN1CCc2nc(C(=O)NC3CN(C(=O)OC(C)(C)C)CCN3NC(=O)c3cc4cc(F)ccc4[nH]3)sc2C1. The molecule has 13 heteroatoms. The second kappa shape index (κ2) is 10.5. The van der Waals surface area contributed by atoms with Gasteiger partial charge in [0.05, 0.1) is 12.2 Å². The Morgan fingerprint density at radius 3 is 2.72 bits per heavy atom. The minimum atomic E-state index is -0.742. The number of carbonyl (C=O) groups excluding carboxylic acids is 3. The van der Waals surface area contributed by atoms with Crippen LogP contribution in [0.2, 0.25) is 0 Å². The number of likely N-dealkylation sites (N-methyl/N-ethyl adjacent to an activating group) is 1. The molecule has 3 N–H and O–H groups in total. The molecule has 208 valence electrons. The van der Waals surface area contributed by atoms with Crippen molar-refractivity contribution in [2.45, 2.75) is 45.5 Å². The molecule has 0 bridgehead atoms. The third kappa shape index (κ3) is 6.21. The van der Waals surface area contributed by atoms with Crippen molar-refractivity contribution >= 4 is 40.1 Å². The second-order valence-electron chi connectivity index (χ2n) is 10.8. The zero-order valence-corrected chi connectivity index (χ0v) is 23.2. The van der Waals surface area contributed by atoms with E-state index < -0.39 is 29.6 Å². The highest BCUT2D eigenvalue weighted by atomic mass is 32.1. The highest BCUT2D eigenvalue weighted by molar-refractivity contribution is 7.13. The maximum absolute atomic E-state index is 13.6. The number of amides is 3. The molecule has 0 radical (unpaired) electrons. The molecule has 3 amide bonds. The van der Waals surface area contributed by atoms with Gasteiger partial charge in [0.2, 0.25) is 0 Å². The first-order valence-electron chi connectivity index (χ1n) is 12.8. The van der Waals surface area contributed by atoms with Crippen molar-refractivity contribution in [3.8, 4) is 0 Å². The third-order valence-electron chi connectivity index (χ3n) is 6.52. The van der Waals surface area contributed by atoms with E-state index in [-0.39, 0.29) is 31.2 Å². The Bertz CT molecular complexity index is 1410. The van der Waals surface area contributed by atoms with Gasteiger partial charge in [0.1, 0.15) is 23.3 Å². The lowest BCUT2D eigenvalue weighted by atomic mass is 10.2. The van der Waals surface area contributed by atoms with Crippen LogP contribution in [-0.2, 0) is 17.7 Å². The Hall–Kier alpha value is -3.55. The summed E-state index contributed by atoms with van der Waals surface area (Å²) >= 11 is 1.35. The number of thiazole rings is 1. The van der Waals surface area contributed by atoms with Crippen molar-refractivity contribution < 1.29 is 23.5 Å². The first-order valence-corrected chi connectivity index (χ1v) is 13.6. The van der Waals surface area contributed by atoms with Crippen LogP contribution in [0.15, 0.2) is 24.3 Å². The fraction of sp³-hybridized carbons (Fsp3) is 0.462. The van der Waals surface area contributed by atoms with Crippen molar-refractivity contribution in [3.63, 3.8) is 0 Å². The van der Waals surface area contributed by atoms with E-state index >= 15 is 0 Å². The molecule has 1 saturated heterocycles. The molecule has 2 aliphatic heterocycles. The number of piperazine rings is 1. The fourth-order valence-corrected chi connectivity index (χ4v) is 5.67. The smallest absolute Gasteiger partial charge is 0.410 e. The predicted octanol–water partition coefficient (Wildman–Crippen LogP) is 2.71. The summed E-state index contributed by atoms with van der Waals surface area (Å²) in [5.41, 5.74) is 3.96. The Balaban J connectivity index is 1.33. The molecular formula is C26H32FN7O4S. The number of aromatic nitrogens is 2. The Morgan fingerprint density at radius 1 is 1.15 bits per heavy atom. The zero-order chi connectivity index (χ0) is 27.9. The normalized spacial score (nSPS) is 18.6. The fourth-order valence-electron chi connectivity index (χ4n) is 4.58. The standard InChI is InChI=1S/C26H32FN7O4S/c1-26(2,3)38-25(37)33-9-10-34(31-22(35)19-12-15-11-16(27)5-6-17(15)28-19)21(14-33)30-23(36)24-29-18-7-8-32(4)13-20(18)39-24/h5-6,11-12,21,28H,7-10,13-14H2,1-4H3,(H,30,36)(H,31,35). The van der Waals surface area contributed by atoms with Gasteiger partial charge in [-0.2, -0.15) is 5.01 Å². The summed E-state index contributed by atoms with van der Waals surface area (Å²) in [7, 11) is 2.03. The molecule has 1 aromatic carbocycles. The number of nitrogens with zero attached hydrogens (tertiary/aromatic N) is 4. The van der Waals surface area contributed by atoms with Gasteiger partial charge >= 0.3 is 6.09 Å². The molecule has 39 heavy (non-hydrogen) atoms. The number of hydrogen-bond acceptors (Lipinski definition) is 8. The first kappa shape index (κ1) is 27.0. The largest absolute Gasteiger partial charge is 0.444 e. The van der Waals surface area contributed by atoms with Gasteiger partial charge in [-0.25, -0.2) is 14.2 Å². The summed E-state index contributed by atoms with van der Waals surface area (Å²) in [4.78, 5) is 51.5. The van der Waals surface area contributed by atoms with Gasteiger partial charge in [0.25, 0.3) is 11.8 Å². The molecule has 1 unspecified atom stereocenters. The van der Waals surface area contributed by atoms with Crippen LogP contribution in [0.4, 0.5) is 9.18 Å². The highest BCUT2D eigenvalue weighted by Gasteiger charge is 2.35. The summed E-state index contributed by atoms with van der Waals surface area (Å²) in [5, 5.41) is 5.44. The number of fused-ring (bicyclic) bond motifs is 2. The van der Waals surface area contributed by atoms with Crippen molar-refractivity contribution in [2.24, 2.45) is 0 Å². The summed E-state index contributed by atoms with van der Waals surface area (Å²) in [6.07, 6.45) is -0.464. The van der Waals surface area contributed by atoms with E-state index in [1.54, 1.807) is 37.9 Å². The summed E-state index contributed by atoms with van der Waals surface area (Å²) in [5.74, 6) is -1.23. The monoisotopic (exact) mass is 557 g/mol. The van der Waals surface area contributed by atoms with Crippen LogP contribution in [0, 0.1) is 5.82 Å². The quantitative estimate of drug-likeness (QED) is 0.451. The van der Waals surface area contributed by atoms with Gasteiger partial charge in [-0.15, -0.1) is 11.3 Å². The summed E-state index contributed by atoms with van der Waals surface area (Å²) in [6.45, 7) is 7.59. The van der Waals surface area contributed by atoms with Crippen LogP contribution >= 0.6 is 11.3 Å². The molecule has 5 rings (SSSR count). The second-order valence-corrected chi connectivity index (χ2v) is 11.9. The van der Waals surface area contributed by atoms with Crippen molar-refractivity contribution in [3.05, 3.63) is 51.4 Å². The average Bonchev–Trinajstić information content (AvgIpc) is 3.47. The lowest BCUT2D eigenvalue weighted by Gasteiger charge is -2.41. The van der Waals surface area contributed by atoms with Crippen LogP contribution in [0.1, 0.15) is 51.6 Å². The van der Waals surface area contributed by atoms with Crippen LogP contribution in [0.3, 0.4) is 0 Å². The van der Waals surface area contributed by atoms with Gasteiger partial charge in [0, 0.05) is 48.4 Å². The summed E-state index contributed by atoms with van der Waals surface area (Å²) in [6, 6.07) is 5.79. The minimum Gasteiger partial charge on any atom is -0.444 e. The molecule has 1 fully saturated rings. The van der Waals surface area contributed by atoms with E-state index in [1.807, 2.05) is 7.05 Å². The molecule has 0 saturated carbocycles. The zero-order valence-electron chi connectivity index (χ0n) is 22.3. The van der Waals surface area contributed by atoms with E-state index in [0.29, 0.717) is 15.9 Å². The summed E-state index contributed by atoms with van der Waals surface area (Å²) < 4.78 is 19.1.